The third-order valence-electron chi connectivity index (χ3n) is 24.5. The molecule has 7 heterocycles. The van der Waals surface area contributed by atoms with Crippen molar-refractivity contribution in [3.05, 3.63) is 23.8 Å². The van der Waals surface area contributed by atoms with Gasteiger partial charge in [-0.2, -0.15) is 0 Å². The summed E-state index contributed by atoms with van der Waals surface area (Å²) in [6.07, 6.45) is -42.0. The van der Waals surface area contributed by atoms with E-state index in [2.05, 4.69) is 27.7 Å². The summed E-state index contributed by atoms with van der Waals surface area (Å²) in [5.41, 5.74) is -4.13. The van der Waals surface area contributed by atoms with E-state index < -0.39 is 262 Å². The van der Waals surface area contributed by atoms with Gasteiger partial charge in [0.1, 0.15) is 145 Å². The van der Waals surface area contributed by atoms with Gasteiger partial charge in [-0.05, 0) is 94.3 Å². The van der Waals surface area contributed by atoms with Crippen LogP contribution in [0.4, 0.5) is 0 Å². The van der Waals surface area contributed by atoms with Crippen molar-refractivity contribution in [2.75, 3.05) is 47.3 Å². The van der Waals surface area contributed by atoms with E-state index in [1.165, 1.54) is 21.1 Å². The average molecular weight is 1440 g/mol. The maximum Gasteiger partial charge on any atom is 0.316 e. The van der Waals surface area contributed by atoms with E-state index in [9.17, 15) is 91.6 Å². The molecule has 33 nitrogen and oxygen atoms in total. The Morgan fingerprint density at radius 1 is 0.520 bits per heavy atom. The first-order valence-corrected chi connectivity index (χ1v) is 34.9. The van der Waals surface area contributed by atoms with Crippen molar-refractivity contribution < 1.29 is 163 Å². The Hall–Kier alpha value is -2.29. The molecule has 0 radical (unpaired) electrons. The van der Waals surface area contributed by atoms with Crippen LogP contribution in [0, 0.1) is 39.4 Å². The molecule has 7 saturated heterocycles. The third kappa shape index (κ3) is 13.6. The lowest BCUT2D eigenvalue weighted by Gasteiger charge is -2.64. The molecule has 38 atom stereocenters. The van der Waals surface area contributed by atoms with Crippen LogP contribution < -0.4 is 0 Å². The van der Waals surface area contributed by atoms with Gasteiger partial charge in [0.2, 0.25) is 0 Å². The summed E-state index contributed by atoms with van der Waals surface area (Å²) >= 11 is 0. The number of esters is 1. The fraction of sp³-hybridized carbons (Fsp3) is 0.925. The van der Waals surface area contributed by atoms with Crippen LogP contribution in [0.25, 0.3) is 0 Å². The van der Waals surface area contributed by atoms with Gasteiger partial charge in [0, 0.05) is 26.6 Å². The molecule has 3 saturated carbocycles. The van der Waals surface area contributed by atoms with Crippen LogP contribution in [0.1, 0.15) is 100 Å². The average Bonchev–Trinajstić information content (AvgIpc) is 1.49. The predicted octanol–water partition coefficient (Wildman–Crippen LogP) is -5.14. The molecule has 0 aromatic rings. The van der Waals surface area contributed by atoms with Gasteiger partial charge in [-0.3, -0.25) is 4.79 Å². The molecule has 0 unspecified atom stereocenters. The van der Waals surface area contributed by atoms with Gasteiger partial charge in [0.15, 0.2) is 37.7 Å². The number of carbonyl (C=O) groups excluding carboxylic acids is 1. The lowest BCUT2D eigenvalue weighted by atomic mass is 9.40. The van der Waals surface area contributed by atoms with Gasteiger partial charge in [0.25, 0.3) is 0 Å². The van der Waals surface area contributed by atoms with E-state index >= 15 is 0 Å². The number of rotatable bonds is 21. The molecule has 1 spiro atoms. The second kappa shape index (κ2) is 30.0. The Morgan fingerprint density at radius 3 is 1.49 bits per heavy atom. The number of ether oxygens (including phenoxy) is 15. The first kappa shape index (κ1) is 78.8. The summed E-state index contributed by atoms with van der Waals surface area (Å²) in [7, 11) is 2.35. The van der Waals surface area contributed by atoms with Crippen LogP contribution >= 0.6 is 0 Å². The van der Waals surface area contributed by atoms with E-state index in [0.717, 1.165) is 5.57 Å². The highest BCUT2D eigenvalue weighted by atomic mass is 16.8. The number of methoxy groups -OCH3 is 2. The van der Waals surface area contributed by atoms with Crippen molar-refractivity contribution in [2.45, 2.75) is 302 Å². The number of aliphatic hydroxyl groups is 17. The summed E-state index contributed by atoms with van der Waals surface area (Å²) in [5.74, 6) is -0.960. The van der Waals surface area contributed by atoms with Crippen molar-refractivity contribution in [2.24, 2.45) is 39.4 Å². The van der Waals surface area contributed by atoms with E-state index in [1.807, 2.05) is 19.1 Å². The van der Waals surface area contributed by atoms with E-state index in [-0.39, 0.29) is 17.8 Å². The van der Waals surface area contributed by atoms with Gasteiger partial charge in [-0.1, -0.05) is 51.5 Å². The molecule has 0 aromatic carbocycles. The highest BCUT2D eigenvalue weighted by Crippen LogP contribution is 2.76. The Kier molecular flexibility index (Phi) is 23.7. The van der Waals surface area contributed by atoms with Gasteiger partial charge >= 0.3 is 5.97 Å². The Morgan fingerprint density at radius 2 is 0.990 bits per heavy atom. The second-order valence-electron chi connectivity index (χ2n) is 31.2. The van der Waals surface area contributed by atoms with Crippen molar-refractivity contribution in [3.8, 4) is 0 Å². The van der Waals surface area contributed by atoms with Crippen LogP contribution in [0.3, 0.4) is 0 Å². The maximum absolute atomic E-state index is 14.6. The standard InChI is InChI=1S/C67H108O33/c1-26-49(96-59-48(83)53(41(76)32(24-71)93-59)98-58-46(81)51(87-10)39(74)30(22-69)92-58)43(78)44(79)55(89-26)99-54-42(77)33(94-56-47(82)52(40(75)31(23-70)90-56)97-57-45(80)50(86-9)38(73)29(21-68)91-57)25-88-60(54)95-37-15-18-64(6)28-20-36(72)67-35(66(8,100-61(67)84)17-11-16-62(2,3)85)14-19-65(67,7)27(28)12-13-34(64)63(37,4)5/h11,16,20,26-27,29-60,68-83,85H,12-15,17-19,21-25H2,1-10H3/b16-11+/t26-,27-,29-,30-,31-,32-,33-,34+,35-,36+,37+,38-,39-,40-,41-,42+,43-,44-,45-,46-,47-,48-,49-,50+,51+,52+,53+,54-,55+,56+,57+,58+,59+,60+,64-,65+,66+,67+/m1/s1. The minimum Gasteiger partial charge on any atom is -0.458 e. The third-order valence-corrected chi connectivity index (χ3v) is 24.5. The first-order valence-electron chi connectivity index (χ1n) is 34.9. The summed E-state index contributed by atoms with van der Waals surface area (Å²) in [5, 5.41) is 190. The number of hydrogen-bond donors (Lipinski definition) is 17. The predicted molar refractivity (Wildman–Crippen MR) is 333 cm³/mol. The number of hydrogen-bond acceptors (Lipinski definition) is 33. The smallest absolute Gasteiger partial charge is 0.316 e. The van der Waals surface area contributed by atoms with Crippen molar-refractivity contribution in [3.63, 3.8) is 0 Å². The van der Waals surface area contributed by atoms with Crippen molar-refractivity contribution >= 4 is 5.97 Å². The molecule has 0 amide bonds. The fourth-order valence-corrected chi connectivity index (χ4v) is 19.1. The summed E-state index contributed by atoms with van der Waals surface area (Å²) < 4.78 is 90.0. The number of fused-ring (bicyclic) bond motifs is 4. The molecule has 17 N–H and O–H groups in total. The first-order chi connectivity index (χ1) is 47.0. The summed E-state index contributed by atoms with van der Waals surface area (Å²) in [6, 6.07) is 0. The summed E-state index contributed by atoms with van der Waals surface area (Å²) in [4.78, 5) is 14.6. The molecule has 33 heteroatoms. The monoisotopic (exact) mass is 1440 g/mol. The van der Waals surface area contributed by atoms with E-state index in [4.69, 9.17) is 71.1 Å². The minimum atomic E-state index is -2.09. The normalized spacial score (nSPS) is 52.7. The molecule has 100 heavy (non-hydrogen) atoms. The lowest BCUT2D eigenvalue weighted by Crippen LogP contribution is -2.67. The Labute approximate surface area is 579 Å². The Bertz CT molecular complexity index is 2830. The highest BCUT2D eigenvalue weighted by Gasteiger charge is 2.79. The van der Waals surface area contributed by atoms with Gasteiger partial charge in [0.05, 0.1) is 56.9 Å². The molecule has 7 aliphatic heterocycles. The second-order valence-corrected chi connectivity index (χ2v) is 31.2. The van der Waals surface area contributed by atoms with Crippen LogP contribution in [-0.4, -0.2) is 342 Å². The van der Waals surface area contributed by atoms with E-state index in [1.54, 1.807) is 19.9 Å². The molecule has 11 rings (SSSR count). The van der Waals surface area contributed by atoms with Gasteiger partial charge in [-0.25, -0.2) is 0 Å². The van der Waals surface area contributed by atoms with Crippen LogP contribution in [0.2, 0.25) is 0 Å². The zero-order valence-electron chi connectivity index (χ0n) is 58.0. The van der Waals surface area contributed by atoms with Gasteiger partial charge < -0.3 is 158 Å². The summed E-state index contributed by atoms with van der Waals surface area (Å²) in [6.45, 7) is 11.2. The minimum absolute atomic E-state index is 0.101. The molecule has 10 fully saturated rings. The molecule has 574 valence electrons. The zero-order chi connectivity index (χ0) is 73.0. The zero-order valence-corrected chi connectivity index (χ0v) is 58.0. The lowest BCUT2D eigenvalue weighted by molar-refractivity contribution is -0.397. The fourth-order valence-electron chi connectivity index (χ4n) is 19.1. The molecule has 0 bridgehead atoms. The van der Waals surface area contributed by atoms with Crippen molar-refractivity contribution in [1.82, 2.24) is 0 Å². The topological polar surface area (TPSA) is 499 Å². The van der Waals surface area contributed by atoms with Crippen molar-refractivity contribution in [1.29, 1.82) is 0 Å². The quantitative estimate of drug-likeness (QED) is 0.0290. The number of aliphatic hydroxyl groups excluding tert-OH is 16. The molecule has 0 aromatic heterocycles. The largest absolute Gasteiger partial charge is 0.458 e. The van der Waals surface area contributed by atoms with Crippen LogP contribution in [0.15, 0.2) is 23.8 Å². The maximum atomic E-state index is 14.6. The van der Waals surface area contributed by atoms with Crippen LogP contribution in [-0.2, 0) is 75.8 Å². The highest BCUT2D eigenvalue weighted by molar-refractivity contribution is 5.84. The SMILES string of the molecule is CO[C@@H]1[C@@H](O)[C@H](O[C@@H]2[C@@H](O)[C@H](O[C@H]3[C@H](O)[C@@H](O)[C@H](O[C@H]4[C@H](O[C@H]5CC[C@]6(C)C7=C[C@H](O)[C@]89C(=O)O[C@@](C)(C/C=C/C(C)(C)O)[C@H]8CC[C@@]9(C)[C@@H]7CC[C@H]6C5(C)C)OC[C@@H](O[C@@H]5O[C@H](CO)[C@@H](O)[C@H](O[C@@H]6O[C@H](CO)[C@@H](O)[C@H](OC)[C@H]6O)[C@H]5O)[C@@H]4O)O[C@@H]3C)O[C@H](CO)[C@H]2O)O[C@H](CO)[C@H]1O. The molecular formula is C67H108O33. The van der Waals surface area contributed by atoms with Crippen LogP contribution in [0.5, 0.6) is 0 Å². The number of cyclic esters (lactones) is 1. The molecular weight excluding hydrogens is 1330 g/mol. The number of carbonyl (C=O) groups is 1. The molecule has 11 aliphatic rings. The Balaban J connectivity index is 0.841. The van der Waals surface area contributed by atoms with E-state index in [0.29, 0.717) is 44.9 Å². The number of allylic oxidation sites excluding steroid dienone is 1. The molecule has 4 aliphatic carbocycles. The van der Waals surface area contributed by atoms with Gasteiger partial charge in [-0.15, -0.1) is 0 Å².